The average Bonchev–Trinajstić information content (AvgIpc) is 3.16. The van der Waals surface area contributed by atoms with Crippen LogP contribution < -0.4 is 15.4 Å². The van der Waals surface area contributed by atoms with E-state index >= 15 is 0 Å². The second-order valence-electron chi connectivity index (χ2n) is 7.47. The zero-order valence-electron chi connectivity index (χ0n) is 16.7. The van der Waals surface area contributed by atoms with Crippen LogP contribution in [-0.2, 0) is 0 Å². The van der Waals surface area contributed by atoms with Crippen LogP contribution in [0.2, 0.25) is 5.15 Å². The zero-order chi connectivity index (χ0) is 21.8. The van der Waals surface area contributed by atoms with Crippen molar-refractivity contribution in [3.05, 3.63) is 35.7 Å². The lowest BCUT2D eigenvalue weighted by molar-refractivity contribution is 0.185. The van der Waals surface area contributed by atoms with Crippen molar-refractivity contribution in [2.24, 2.45) is 0 Å². The molecule has 3 aromatic rings. The number of hydrogen-bond acceptors (Lipinski definition) is 5. The van der Waals surface area contributed by atoms with E-state index in [9.17, 15) is 4.79 Å². The van der Waals surface area contributed by atoms with Crippen molar-refractivity contribution in [1.82, 2.24) is 20.3 Å². The third-order valence-corrected chi connectivity index (χ3v) is 5.53. The molecule has 3 heterocycles. The van der Waals surface area contributed by atoms with Crippen LogP contribution in [0.3, 0.4) is 0 Å². The van der Waals surface area contributed by atoms with Crippen LogP contribution >= 0.6 is 11.6 Å². The van der Waals surface area contributed by atoms with Gasteiger partial charge in [0.25, 0.3) is 0 Å². The van der Waals surface area contributed by atoms with E-state index in [1.54, 1.807) is 12.3 Å². The molecule has 160 valence electrons. The Morgan fingerprint density at radius 1 is 1.29 bits per heavy atom. The molecule has 1 aliphatic carbocycles. The molecular formula is C22H22ClN5O3. The first kappa shape index (κ1) is 20.8. The number of pyridine rings is 2. The summed E-state index contributed by atoms with van der Waals surface area (Å²) in [7, 11) is 0. The van der Waals surface area contributed by atoms with Crippen molar-refractivity contribution >= 4 is 34.5 Å². The minimum atomic E-state index is -0.973. The van der Waals surface area contributed by atoms with Gasteiger partial charge >= 0.3 is 6.09 Å². The molecule has 0 radical (unpaired) electrons. The van der Waals surface area contributed by atoms with Gasteiger partial charge in [-0.05, 0) is 49.4 Å². The number of aromatic amines is 1. The summed E-state index contributed by atoms with van der Waals surface area (Å²) >= 11 is 6.32. The monoisotopic (exact) mass is 439 g/mol. The predicted molar refractivity (Wildman–Crippen MR) is 119 cm³/mol. The van der Waals surface area contributed by atoms with Gasteiger partial charge in [0.1, 0.15) is 29.0 Å². The molecule has 31 heavy (non-hydrogen) atoms. The van der Waals surface area contributed by atoms with Crippen molar-refractivity contribution in [3.8, 4) is 29.2 Å². The molecular weight excluding hydrogens is 418 g/mol. The molecule has 9 heteroatoms. The minimum Gasteiger partial charge on any atom is -0.479 e. The van der Waals surface area contributed by atoms with Gasteiger partial charge in [-0.2, -0.15) is 0 Å². The maximum absolute atomic E-state index is 10.8. The predicted octanol–water partition coefficient (Wildman–Crippen LogP) is 4.28. The number of aromatic nitrogens is 3. The number of rotatable bonds is 6. The van der Waals surface area contributed by atoms with Gasteiger partial charge in [-0.25, -0.2) is 14.8 Å². The van der Waals surface area contributed by atoms with Crippen LogP contribution in [0, 0.1) is 12.3 Å². The van der Waals surface area contributed by atoms with Gasteiger partial charge < -0.3 is 25.5 Å². The molecule has 0 atom stereocenters. The number of halogens is 1. The second-order valence-corrected chi connectivity index (χ2v) is 7.86. The molecule has 1 aliphatic rings. The molecule has 0 aromatic carbocycles. The Morgan fingerprint density at radius 2 is 2.06 bits per heavy atom. The maximum Gasteiger partial charge on any atom is 0.404 e. The molecule has 0 aliphatic heterocycles. The van der Waals surface area contributed by atoms with E-state index in [0.717, 1.165) is 47.8 Å². The third kappa shape index (κ3) is 5.01. The van der Waals surface area contributed by atoms with Crippen LogP contribution in [0.4, 0.5) is 10.6 Å². The van der Waals surface area contributed by atoms with Gasteiger partial charge in [-0.1, -0.05) is 17.5 Å². The van der Waals surface area contributed by atoms with Crippen LogP contribution in [-0.4, -0.2) is 44.8 Å². The zero-order valence-corrected chi connectivity index (χ0v) is 17.4. The number of nitrogens with one attached hydrogen (secondary N) is 3. The van der Waals surface area contributed by atoms with Crippen LogP contribution in [0.5, 0.6) is 5.75 Å². The molecule has 1 fully saturated rings. The number of anilines is 1. The van der Waals surface area contributed by atoms with Crippen molar-refractivity contribution in [3.63, 3.8) is 0 Å². The average molecular weight is 440 g/mol. The summed E-state index contributed by atoms with van der Waals surface area (Å²) in [5, 5.41) is 16.1. The van der Waals surface area contributed by atoms with E-state index < -0.39 is 6.09 Å². The lowest BCUT2D eigenvalue weighted by Crippen LogP contribution is -2.39. The molecule has 0 unspecified atom stereocenters. The number of ether oxygens (including phenoxy) is 1. The lowest BCUT2D eigenvalue weighted by Gasteiger charge is -2.29. The topological polar surface area (TPSA) is 112 Å². The molecule has 0 spiro atoms. The highest BCUT2D eigenvalue weighted by Crippen LogP contribution is 2.33. The SMILES string of the molecule is C#CCOc1cnc2[nH]cc(-c3cc(Cl)nc(NC4CCC(NC(=O)O)CC4)c3)c2c1. The number of carbonyl (C=O) groups is 1. The summed E-state index contributed by atoms with van der Waals surface area (Å²) in [4.78, 5) is 22.8. The van der Waals surface area contributed by atoms with Gasteiger partial charge in [0, 0.05) is 29.2 Å². The fraction of sp³-hybridized carbons (Fsp3) is 0.318. The molecule has 0 bridgehead atoms. The number of amides is 1. The first-order valence-electron chi connectivity index (χ1n) is 9.99. The Hall–Kier alpha value is -3.44. The van der Waals surface area contributed by atoms with Crippen molar-refractivity contribution in [1.29, 1.82) is 0 Å². The van der Waals surface area contributed by atoms with Crippen molar-refractivity contribution < 1.29 is 14.6 Å². The molecule has 1 amide bonds. The molecule has 4 rings (SSSR count). The van der Waals surface area contributed by atoms with Crippen LogP contribution in [0.25, 0.3) is 22.2 Å². The fourth-order valence-corrected chi connectivity index (χ4v) is 4.13. The highest BCUT2D eigenvalue weighted by Gasteiger charge is 2.22. The summed E-state index contributed by atoms with van der Waals surface area (Å²) in [6.07, 6.45) is 11.1. The van der Waals surface area contributed by atoms with Crippen LogP contribution in [0.15, 0.2) is 30.6 Å². The number of fused-ring (bicyclic) bond motifs is 1. The number of nitrogens with zero attached hydrogens (tertiary/aromatic N) is 2. The van der Waals surface area contributed by atoms with Crippen molar-refractivity contribution in [2.75, 3.05) is 11.9 Å². The lowest BCUT2D eigenvalue weighted by atomic mass is 9.91. The molecule has 3 aromatic heterocycles. The Balaban J connectivity index is 1.53. The summed E-state index contributed by atoms with van der Waals surface area (Å²) in [6.45, 7) is 0.173. The summed E-state index contributed by atoms with van der Waals surface area (Å²) in [5.74, 6) is 3.72. The Bertz CT molecular complexity index is 1130. The van der Waals surface area contributed by atoms with Gasteiger partial charge in [-0.3, -0.25) is 0 Å². The minimum absolute atomic E-state index is 0.00281. The standard InChI is InChI=1S/C22H22ClN5O3/c1-2-7-31-16-10-17-18(12-25-21(17)24-11-16)13-8-19(23)28-20(9-13)26-14-3-5-15(6-4-14)27-22(29)30/h1,8-12,14-15,27H,3-7H2,(H,24,25)(H,26,28)(H,29,30). The number of H-pyrrole nitrogens is 1. The van der Waals surface area contributed by atoms with Gasteiger partial charge in [0.2, 0.25) is 0 Å². The molecule has 0 saturated heterocycles. The fourth-order valence-electron chi connectivity index (χ4n) is 3.92. The normalized spacial score (nSPS) is 18.3. The largest absolute Gasteiger partial charge is 0.479 e. The molecule has 4 N–H and O–H groups in total. The highest BCUT2D eigenvalue weighted by molar-refractivity contribution is 6.29. The first-order valence-corrected chi connectivity index (χ1v) is 10.4. The van der Waals surface area contributed by atoms with E-state index in [2.05, 4.69) is 31.5 Å². The number of hydrogen-bond donors (Lipinski definition) is 4. The van der Waals surface area contributed by atoms with Gasteiger partial charge in [-0.15, -0.1) is 6.42 Å². The van der Waals surface area contributed by atoms with E-state index in [1.807, 2.05) is 18.3 Å². The second kappa shape index (κ2) is 9.14. The van der Waals surface area contributed by atoms with E-state index in [4.69, 9.17) is 27.9 Å². The summed E-state index contributed by atoms with van der Waals surface area (Å²) < 4.78 is 5.50. The smallest absolute Gasteiger partial charge is 0.404 e. The first-order chi connectivity index (χ1) is 15.0. The Morgan fingerprint density at radius 3 is 2.81 bits per heavy atom. The van der Waals surface area contributed by atoms with E-state index in [-0.39, 0.29) is 18.7 Å². The van der Waals surface area contributed by atoms with Crippen LogP contribution in [0.1, 0.15) is 25.7 Å². The highest BCUT2D eigenvalue weighted by atomic mass is 35.5. The van der Waals surface area contributed by atoms with Crippen molar-refractivity contribution in [2.45, 2.75) is 37.8 Å². The Kier molecular flexibility index (Phi) is 6.14. The van der Waals surface area contributed by atoms with Gasteiger partial charge in [0.15, 0.2) is 0 Å². The number of carboxylic acid groups (broad SMARTS) is 1. The quantitative estimate of drug-likeness (QED) is 0.337. The molecule has 1 saturated carbocycles. The third-order valence-electron chi connectivity index (χ3n) is 5.34. The Labute approximate surface area is 184 Å². The summed E-state index contributed by atoms with van der Waals surface area (Å²) in [6, 6.07) is 5.86. The number of terminal acetylenes is 1. The molecule has 8 nitrogen and oxygen atoms in total. The maximum atomic E-state index is 10.8. The van der Waals surface area contributed by atoms with E-state index in [1.165, 1.54) is 0 Å². The summed E-state index contributed by atoms with van der Waals surface area (Å²) in [5.41, 5.74) is 2.55. The van der Waals surface area contributed by atoms with Gasteiger partial charge in [0.05, 0.1) is 6.20 Å². The van der Waals surface area contributed by atoms with E-state index in [0.29, 0.717) is 16.7 Å².